The monoisotopic (exact) mass is 800 g/mol. The molecule has 7 atom stereocenters. The fourth-order valence-electron chi connectivity index (χ4n) is 7.23. The molecular weight excluding hydrogens is 776 g/mol. The predicted octanol–water partition coefficient (Wildman–Crippen LogP) is -2.08. The molecular formula is C34H24O23. The lowest BCUT2D eigenvalue weighted by molar-refractivity contribution is -0.339. The summed E-state index contributed by atoms with van der Waals surface area (Å²) in [6.45, 7) is -1.14. The first-order valence-electron chi connectivity index (χ1n) is 16.1. The van der Waals surface area contributed by atoms with E-state index in [-0.39, 0.29) is 0 Å². The number of carbonyl (C=O) groups excluding carboxylic acids is 5. The molecule has 0 unspecified atom stereocenters. The highest BCUT2D eigenvalue weighted by atomic mass is 16.7. The predicted molar refractivity (Wildman–Crippen MR) is 170 cm³/mol. The number of hydrogen-bond donors (Lipinski definition) is 12. The van der Waals surface area contributed by atoms with Crippen LogP contribution in [0, 0.1) is 0 Å². The lowest BCUT2D eigenvalue weighted by Gasteiger charge is -2.49. The summed E-state index contributed by atoms with van der Waals surface area (Å²) in [6.07, 6.45) is -11.0. The van der Waals surface area contributed by atoms with Gasteiger partial charge in [-0.2, -0.15) is 0 Å². The number of aliphatic hydroxyl groups is 4. The third kappa shape index (κ3) is 4.93. The number of ether oxygens (including phenoxy) is 6. The van der Waals surface area contributed by atoms with Crippen LogP contribution >= 0.6 is 0 Å². The molecule has 0 saturated carbocycles. The molecule has 57 heavy (non-hydrogen) atoms. The first-order chi connectivity index (χ1) is 26.7. The van der Waals surface area contributed by atoms with Crippen LogP contribution in [0.2, 0.25) is 0 Å². The van der Waals surface area contributed by atoms with Crippen LogP contribution in [0.3, 0.4) is 0 Å². The average Bonchev–Trinajstić information content (AvgIpc) is 3.15. The smallest absolute Gasteiger partial charge is 0.341 e. The van der Waals surface area contributed by atoms with Crippen molar-refractivity contribution in [3.8, 4) is 62.9 Å². The van der Waals surface area contributed by atoms with Gasteiger partial charge in [-0.05, 0) is 24.3 Å². The maximum absolute atomic E-state index is 14.0. The molecule has 5 aliphatic rings. The molecule has 23 nitrogen and oxygen atoms in total. The van der Waals surface area contributed by atoms with Crippen LogP contribution in [-0.2, 0) is 33.3 Å². The summed E-state index contributed by atoms with van der Waals surface area (Å²) in [4.78, 5) is 68.6. The maximum atomic E-state index is 14.0. The molecule has 23 heteroatoms. The van der Waals surface area contributed by atoms with Gasteiger partial charge < -0.3 is 89.7 Å². The van der Waals surface area contributed by atoms with Gasteiger partial charge in [-0.3, -0.25) is 4.79 Å². The highest BCUT2D eigenvalue weighted by molar-refractivity contribution is 6.10. The zero-order valence-corrected chi connectivity index (χ0v) is 27.8. The quantitative estimate of drug-likeness (QED) is 0.0502. The summed E-state index contributed by atoms with van der Waals surface area (Å²) in [5.41, 5.74) is -6.89. The molecule has 4 aliphatic heterocycles. The topological polar surface area (TPSA) is 383 Å². The van der Waals surface area contributed by atoms with E-state index in [2.05, 4.69) is 0 Å². The van der Waals surface area contributed by atoms with Crippen molar-refractivity contribution in [2.75, 3.05) is 6.61 Å². The summed E-state index contributed by atoms with van der Waals surface area (Å²) >= 11 is 0. The molecule has 0 amide bonds. The lowest BCUT2D eigenvalue weighted by Crippen LogP contribution is -2.70. The molecule has 3 aromatic rings. The minimum absolute atomic E-state index is 0.335. The molecule has 1 aliphatic carbocycles. The molecule has 3 aromatic carbocycles. The van der Waals surface area contributed by atoms with E-state index in [4.69, 9.17) is 28.4 Å². The van der Waals surface area contributed by atoms with Gasteiger partial charge in [0.05, 0.1) is 28.2 Å². The second-order valence-electron chi connectivity index (χ2n) is 13.2. The number of aliphatic hydroxyl groups excluding tert-OH is 1. The number of phenolic OH excluding ortho intramolecular Hbond substituents is 8. The average molecular weight is 801 g/mol. The first kappa shape index (κ1) is 36.9. The molecule has 12 N–H and O–H groups in total. The molecule has 1 fully saturated rings. The maximum Gasteiger partial charge on any atom is 0.341 e. The van der Waals surface area contributed by atoms with Crippen molar-refractivity contribution in [2.24, 2.45) is 0 Å². The number of rotatable bonds is 0. The van der Waals surface area contributed by atoms with Crippen LogP contribution in [0.15, 0.2) is 29.8 Å². The summed E-state index contributed by atoms with van der Waals surface area (Å²) in [6, 6.07) is 1.42. The summed E-state index contributed by atoms with van der Waals surface area (Å²) < 4.78 is 32.3. The molecule has 298 valence electrons. The van der Waals surface area contributed by atoms with Crippen molar-refractivity contribution in [1.82, 2.24) is 0 Å². The molecule has 0 aromatic heterocycles. The number of benzene rings is 3. The minimum Gasteiger partial charge on any atom is -0.504 e. The molecule has 1 saturated heterocycles. The fraction of sp³-hybridized carbons (Fsp3) is 0.265. The van der Waals surface area contributed by atoms with Gasteiger partial charge in [0.2, 0.25) is 29.3 Å². The molecule has 8 rings (SSSR count). The standard InChI is InChI=1S/C34H24O23/c35-10-1-6-15(22(42)19(10)39)16-7(2-11(36)20(40)23(16)43)30(47)56-32-27-24(44)25(13(53-32)5-52-28(6)45)54-31(48)9-4-14(38)34(51)33(49,50)18(9)17-8(29(46)55-27)3-12(37)21(41)26(17)57-34/h1-4,13,18,24-25,27,32,35-37,39-44,49-51H,5H2/t13-,18+,24+,25-,27-,32+,34+/m1/s1. The van der Waals surface area contributed by atoms with Crippen molar-refractivity contribution in [3.05, 3.63) is 52.1 Å². The largest absolute Gasteiger partial charge is 0.504 e. The second-order valence-corrected chi connectivity index (χ2v) is 13.2. The van der Waals surface area contributed by atoms with Crippen molar-refractivity contribution in [1.29, 1.82) is 0 Å². The van der Waals surface area contributed by atoms with E-state index in [1.807, 2.05) is 0 Å². The third-order valence-electron chi connectivity index (χ3n) is 10.0. The third-order valence-corrected chi connectivity index (χ3v) is 10.0. The Kier molecular flexibility index (Phi) is 7.75. The van der Waals surface area contributed by atoms with Gasteiger partial charge in [0.25, 0.3) is 5.79 Å². The Morgan fingerprint density at radius 3 is 1.75 bits per heavy atom. The van der Waals surface area contributed by atoms with Gasteiger partial charge in [-0.25, -0.2) is 19.2 Å². The van der Waals surface area contributed by atoms with Crippen molar-refractivity contribution < 1.29 is 114 Å². The number of hydrogen-bond acceptors (Lipinski definition) is 23. The van der Waals surface area contributed by atoms with E-state index in [9.17, 15) is 85.3 Å². The van der Waals surface area contributed by atoms with Gasteiger partial charge in [0.1, 0.15) is 18.8 Å². The molecule has 0 radical (unpaired) electrons. The number of esters is 4. The van der Waals surface area contributed by atoms with Gasteiger partial charge >= 0.3 is 29.7 Å². The van der Waals surface area contributed by atoms with Crippen LogP contribution in [0.1, 0.15) is 42.6 Å². The van der Waals surface area contributed by atoms with Crippen molar-refractivity contribution in [2.45, 2.75) is 48.2 Å². The van der Waals surface area contributed by atoms with Gasteiger partial charge in [0.15, 0.2) is 46.7 Å². The van der Waals surface area contributed by atoms with Crippen molar-refractivity contribution >= 4 is 29.7 Å². The summed E-state index contributed by atoms with van der Waals surface area (Å²) in [5, 5.41) is 129. The Bertz CT molecular complexity index is 2430. The van der Waals surface area contributed by atoms with Crippen LogP contribution < -0.4 is 4.74 Å². The summed E-state index contributed by atoms with van der Waals surface area (Å²) in [5.74, 6) is -29.8. The SMILES string of the molecule is O=C1O[C@H]2[C@H](O)[C@@H](OC(=O)c3cc(O)c(O)c4c3[C@@H]3C1=CC(=O)[C@](O)(O4)C3(O)O)[C@@H]1OC(=O)c3cc(O)c(O)c(O)c3-c3c(cc(O)c(O)c3O)C(=O)OC[C@H]2O1. The number of aromatic hydroxyl groups is 8. The van der Waals surface area contributed by atoms with Crippen molar-refractivity contribution in [3.63, 3.8) is 0 Å². The van der Waals surface area contributed by atoms with Gasteiger partial charge in [-0.15, -0.1) is 0 Å². The van der Waals surface area contributed by atoms with Crippen LogP contribution in [0.5, 0.6) is 51.7 Å². The minimum atomic E-state index is -3.85. The Morgan fingerprint density at radius 2 is 1.14 bits per heavy atom. The Morgan fingerprint density at radius 1 is 0.614 bits per heavy atom. The van der Waals surface area contributed by atoms with E-state index in [0.717, 1.165) is 0 Å². The van der Waals surface area contributed by atoms with E-state index < -0.39 is 175 Å². The van der Waals surface area contributed by atoms with Crippen LogP contribution in [0.25, 0.3) is 11.1 Å². The highest BCUT2D eigenvalue weighted by Crippen LogP contribution is 2.58. The van der Waals surface area contributed by atoms with E-state index in [0.29, 0.717) is 24.3 Å². The van der Waals surface area contributed by atoms with Gasteiger partial charge in [0, 0.05) is 16.7 Å². The van der Waals surface area contributed by atoms with Gasteiger partial charge in [-0.1, -0.05) is 0 Å². The molecule has 4 heterocycles. The second kappa shape index (κ2) is 12.0. The number of carbonyl (C=O) groups is 5. The van der Waals surface area contributed by atoms with Crippen LogP contribution in [0.4, 0.5) is 0 Å². The van der Waals surface area contributed by atoms with E-state index >= 15 is 0 Å². The fourth-order valence-corrected chi connectivity index (χ4v) is 7.23. The number of cyclic esters (lactones) is 1. The number of phenols is 8. The van der Waals surface area contributed by atoms with E-state index in [1.54, 1.807) is 0 Å². The highest BCUT2D eigenvalue weighted by Gasteiger charge is 2.70. The zero-order chi connectivity index (χ0) is 41.4. The first-order valence-corrected chi connectivity index (χ1v) is 16.1. The molecule has 0 spiro atoms. The van der Waals surface area contributed by atoms with E-state index in [1.165, 1.54) is 0 Å². The van der Waals surface area contributed by atoms with Crippen LogP contribution in [-0.4, -0.2) is 140 Å². The lowest BCUT2D eigenvalue weighted by atomic mass is 9.70. The molecule has 6 bridgehead atoms. The zero-order valence-electron chi connectivity index (χ0n) is 27.8. The Labute approximate surface area is 313 Å². The normalized spacial score (nSPS) is 28.6. The number of ketones is 1. The summed E-state index contributed by atoms with van der Waals surface area (Å²) in [7, 11) is 0. The Balaban J connectivity index is 1.33. The number of fused-ring (bicyclic) bond motifs is 10. The Hall–Kier alpha value is -7.05.